The van der Waals surface area contributed by atoms with Gasteiger partial charge >= 0.3 is 6.36 Å². The highest BCUT2D eigenvalue weighted by Gasteiger charge is 2.56. The van der Waals surface area contributed by atoms with Crippen molar-refractivity contribution in [1.82, 2.24) is 0 Å². The van der Waals surface area contributed by atoms with Crippen molar-refractivity contribution in [1.29, 1.82) is 0 Å². The summed E-state index contributed by atoms with van der Waals surface area (Å²) in [6.45, 7) is 12.8. The van der Waals surface area contributed by atoms with Crippen LogP contribution < -0.4 is 4.74 Å². The number of carbonyl (C=O) groups excluding carboxylic acids is 1. The van der Waals surface area contributed by atoms with Gasteiger partial charge in [-0.1, -0.05) is 32.9 Å². The SMILES string of the molecule is CC1(O[Si](C)(C)C(C)(C)C)CC(C=O)(c2ccc(OC(F)(F)F)cc2)C1. The van der Waals surface area contributed by atoms with Crippen LogP contribution >= 0.6 is 0 Å². The fourth-order valence-electron chi connectivity index (χ4n) is 3.47. The minimum absolute atomic E-state index is 0.0615. The maximum Gasteiger partial charge on any atom is 0.573 e. The van der Waals surface area contributed by atoms with Gasteiger partial charge in [-0.25, -0.2) is 0 Å². The second-order valence-corrected chi connectivity index (χ2v) is 13.7. The molecule has 0 amide bonds. The Labute approximate surface area is 154 Å². The molecule has 0 atom stereocenters. The standard InChI is InChI=1S/C19H27F3O3Si/c1-16(2,3)26(5,6)25-17(4)11-18(12-17,13-23)14-7-9-15(10-8-14)24-19(20,21)22/h7-10,13H,11-12H2,1-6H3. The predicted molar refractivity (Wildman–Crippen MR) is 96.8 cm³/mol. The lowest BCUT2D eigenvalue weighted by molar-refractivity contribution is -0.274. The molecule has 1 aromatic carbocycles. The van der Waals surface area contributed by atoms with Crippen LogP contribution in [0.25, 0.3) is 0 Å². The number of ether oxygens (including phenoxy) is 1. The van der Waals surface area contributed by atoms with Gasteiger partial charge in [0.1, 0.15) is 12.0 Å². The fourth-order valence-corrected chi connectivity index (χ4v) is 5.15. The van der Waals surface area contributed by atoms with Crippen LogP contribution in [0.1, 0.15) is 46.1 Å². The van der Waals surface area contributed by atoms with Crippen molar-refractivity contribution in [3.05, 3.63) is 29.8 Å². The first-order chi connectivity index (χ1) is 11.6. The summed E-state index contributed by atoms with van der Waals surface area (Å²) < 4.78 is 47.2. The van der Waals surface area contributed by atoms with E-state index in [1.54, 1.807) is 0 Å². The third-order valence-corrected chi connectivity index (χ3v) is 10.2. The predicted octanol–water partition coefficient (Wildman–Crippen LogP) is 5.60. The maximum atomic E-state index is 12.3. The highest BCUT2D eigenvalue weighted by Crippen LogP contribution is 2.54. The van der Waals surface area contributed by atoms with Crippen LogP contribution in [-0.4, -0.2) is 26.6 Å². The molecule has 1 fully saturated rings. The van der Waals surface area contributed by atoms with E-state index in [0.29, 0.717) is 18.4 Å². The highest BCUT2D eigenvalue weighted by atomic mass is 28.4. The molecule has 7 heteroatoms. The molecule has 0 heterocycles. The molecule has 2 rings (SSSR count). The van der Waals surface area contributed by atoms with Crippen molar-refractivity contribution >= 4 is 14.6 Å². The summed E-state index contributed by atoms with van der Waals surface area (Å²) >= 11 is 0. The molecule has 26 heavy (non-hydrogen) atoms. The molecule has 1 aliphatic carbocycles. The van der Waals surface area contributed by atoms with Gasteiger partial charge in [-0.3, -0.25) is 0 Å². The smallest absolute Gasteiger partial charge is 0.412 e. The van der Waals surface area contributed by atoms with Crippen LogP contribution in [0.5, 0.6) is 5.75 Å². The van der Waals surface area contributed by atoms with Gasteiger partial charge in [0.25, 0.3) is 0 Å². The zero-order valence-electron chi connectivity index (χ0n) is 16.2. The Morgan fingerprint density at radius 2 is 1.58 bits per heavy atom. The first-order valence-corrected chi connectivity index (χ1v) is 11.6. The summed E-state index contributed by atoms with van der Waals surface area (Å²) in [5.41, 5.74) is -0.419. The van der Waals surface area contributed by atoms with Gasteiger partial charge in [-0.2, -0.15) is 0 Å². The van der Waals surface area contributed by atoms with Gasteiger partial charge < -0.3 is 14.0 Å². The number of hydrogen-bond donors (Lipinski definition) is 0. The van der Waals surface area contributed by atoms with Gasteiger partial charge in [0.2, 0.25) is 0 Å². The Hall–Kier alpha value is -1.34. The van der Waals surface area contributed by atoms with Gasteiger partial charge in [0.15, 0.2) is 8.32 Å². The van der Waals surface area contributed by atoms with Crippen molar-refractivity contribution in [2.75, 3.05) is 0 Å². The Kier molecular flexibility index (Phi) is 5.14. The molecule has 0 aromatic heterocycles. The lowest BCUT2D eigenvalue weighted by Crippen LogP contribution is -2.60. The van der Waals surface area contributed by atoms with E-state index in [-0.39, 0.29) is 10.8 Å². The first kappa shape index (κ1) is 21.0. The minimum Gasteiger partial charge on any atom is -0.412 e. The molecule has 0 unspecified atom stereocenters. The zero-order chi connectivity index (χ0) is 20.0. The second-order valence-electron chi connectivity index (χ2n) is 9.01. The lowest BCUT2D eigenvalue weighted by Gasteiger charge is -2.56. The molecule has 0 spiro atoms. The molecule has 3 nitrogen and oxygen atoms in total. The number of hydrogen-bond acceptors (Lipinski definition) is 3. The Bertz CT molecular complexity index is 654. The van der Waals surface area contributed by atoms with Crippen molar-refractivity contribution in [3.63, 3.8) is 0 Å². The van der Waals surface area contributed by atoms with Crippen LogP contribution in [0, 0.1) is 0 Å². The average Bonchev–Trinajstić information content (AvgIpc) is 2.41. The van der Waals surface area contributed by atoms with Crippen molar-refractivity contribution < 1.29 is 27.1 Å². The van der Waals surface area contributed by atoms with Crippen LogP contribution in [-0.2, 0) is 14.6 Å². The van der Waals surface area contributed by atoms with E-state index in [9.17, 15) is 18.0 Å². The maximum absolute atomic E-state index is 12.3. The minimum atomic E-state index is -4.73. The van der Waals surface area contributed by atoms with Gasteiger partial charge in [0, 0.05) is 0 Å². The van der Waals surface area contributed by atoms with Crippen LogP contribution in [0.3, 0.4) is 0 Å². The molecule has 1 aliphatic rings. The van der Waals surface area contributed by atoms with E-state index in [2.05, 4.69) is 38.6 Å². The Balaban J connectivity index is 2.14. The zero-order valence-corrected chi connectivity index (χ0v) is 17.2. The largest absolute Gasteiger partial charge is 0.573 e. The third-order valence-electron chi connectivity index (χ3n) is 5.57. The Morgan fingerprint density at radius 1 is 1.08 bits per heavy atom. The summed E-state index contributed by atoms with van der Waals surface area (Å²) in [6, 6.07) is 5.56. The summed E-state index contributed by atoms with van der Waals surface area (Å²) in [4.78, 5) is 11.8. The number of alkyl halides is 3. The van der Waals surface area contributed by atoms with Crippen LogP contribution in [0.4, 0.5) is 13.2 Å². The number of aldehydes is 1. The van der Waals surface area contributed by atoms with E-state index in [0.717, 1.165) is 6.29 Å². The monoisotopic (exact) mass is 388 g/mol. The molecular formula is C19H27F3O3Si. The molecule has 1 aromatic rings. The second kappa shape index (κ2) is 6.37. The van der Waals surface area contributed by atoms with E-state index in [4.69, 9.17) is 4.43 Å². The summed E-state index contributed by atoms with van der Waals surface area (Å²) in [5, 5.41) is 0.0615. The van der Waals surface area contributed by atoms with Crippen molar-refractivity contribution in [2.24, 2.45) is 0 Å². The van der Waals surface area contributed by atoms with E-state index in [1.807, 2.05) is 6.92 Å². The number of rotatable bonds is 5. The van der Waals surface area contributed by atoms with Crippen LogP contribution in [0.2, 0.25) is 18.1 Å². The third kappa shape index (κ3) is 4.31. The van der Waals surface area contributed by atoms with E-state index >= 15 is 0 Å². The fraction of sp³-hybridized carbons (Fsp3) is 0.632. The molecular weight excluding hydrogens is 361 g/mol. The topological polar surface area (TPSA) is 35.5 Å². The molecule has 1 saturated carbocycles. The summed E-state index contributed by atoms with van der Waals surface area (Å²) in [5.74, 6) is -0.290. The molecule has 0 N–H and O–H groups in total. The van der Waals surface area contributed by atoms with E-state index in [1.165, 1.54) is 24.3 Å². The van der Waals surface area contributed by atoms with Crippen molar-refractivity contribution in [2.45, 2.75) is 76.0 Å². The molecule has 0 bridgehead atoms. The quantitative estimate of drug-likeness (QED) is 0.487. The first-order valence-electron chi connectivity index (χ1n) is 8.64. The average molecular weight is 389 g/mol. The number of halogens is 3. The summed E-state index contributed by atoms with van der Waals surface area (Å²) in [6.07, 6.45) is -2.79. The van der Waals surface area contributed by atoms with Gasteiger partial charge in [0.05, 0.1) is 11.0 Å². The van der Waals surface area contributed by atoms with Crippen LogP contribution in [0.15, 0.2) is 24.3 Å². The normalized spacial score (nSPS) is 27.0. The Morgan fingerprint density at radius 3 is 1.96 bits per heavy atom. The van der Waals surface area contributed by atoms with E-state index < -0.39 is 25.7 Å². The molecule has 0 radical (unpaired) electrons. The molecule has 146 valence electrons. The van der Waals surface area contributed by atoms with Crippen molar-refractivity contribution in [3.8, 4) is 5.75 Å². The lowest BCUT2D eigenvalue weighted by atomic mass is 9.57. The highest BCUT2D eigenvalue weighted by molar-refractivity contribution is 6.74. The molecule has 0 aliphatic heterocycles. The van der Waals surface area contributed by atoms with Gasteiger partial charge in [-0.15, -0.1) is 13.2 Å². The summed E-state index contributed by atoms with van der Waals surface area (Å²) in [7, 11) is -1.98. The number of carbonyl (C=O) groups is 1. The molecule has 0 saturated heterocycles. The van der Waals surface area contributed by atoms with Gasteiger partial charge in [-0.05, 0) is 55.6 Å². The number of benzene rings is 1.